The Kier molecular flexibility index (Phi) is 14.3. The van der Waals surface area contributed by atoms with Gasteiger partial charge in [0.15, 0.2) is 5.78 Å². The molecule has 12 nitrogen and oxygen atoms in total. The van der Waals surface area contributed by atoms with Crippen LogP contribution in [0.15, 0.2) is 42.5 Å². The standard InChI is InChI=1S/C31H41ClN6O6S3/c1-18-5-10-27-23(14-18)22(19(2)38(27)31(42)20-6-8-21(32)9-7-20)15-28(39)37-47(43,44)13-3-4-24(33)29(40)25(16-45)35-11-12-36-26(17-46)30(34)41/h5-10,14,24-26,35-36,45-46H,3-4,11-13,15-17,33H2,1-2H3,(H2,34,41)(H,37,39)/t24?,25-,26-/m0/s1. The van der Waals surface area contributed by atoms with Gasteiger partial charge in [-0.1, -0.05) is 23.2 Å². The van der Waals surface area contributed by atoms with Crippen LogP contribution in [0.3, 0.4) is 0 Å². The second-order valence-electron chi connectivity index (χ2n) is 11.2. The van der Waals surface area contributed by atoms with Gasteiger partial charge in [0, 0.05) is 46.3 Å². The van der Waals surface area contributed by atoms with Crippen LogP contribution in [0.25, 0.3) is 10.9 Å². The zero-order valence-corrected chi connectivity index (χ0v) is 29.5. The Morgan fingerprint density at radius 3 is 2.17 bits per heavy atom. The summed E-state index contributed by atoms with van der Waals surface area (Å²) in [5.41, 5.74) is 14.3. The van der Waals surface area contributed by atoms with Gasteiger partial charge in [-0.3, -0.25) is 28.5 Å². The smallest absolute Gasteiger partial charge is 0.262 e. The van der Waals surface area contributed by atoms with Gasteiger partial charge in [0.2, 0.25) is 21.8 Å². The van der Waals surface area contributed by atoms with Crippen LogP contribution in [0, 0.1) is 13.8 Å². The predicted octanol–water partition coefficient (Wildman–Crippen LogP) is 1.53. The fourth-order valence-corrected chi connectivity index (χ4v) is 6.93. The number of primary amides is 1. The van der Waals surface area contributed by atoms with Crippen LogP contribution < -0.4 is 26.8 Å². The molecule has 0 aliphatic rings. The Labute approximate surface area is 290 Å². The lowest BCUT2D eigenvalue weighted by atomic mass is 10.0. The van der Waals surface area contributed by atoms with Crippen molar-refractivity contribution in [3.8, 4) is 0 Å². The first-order valence-electron chi connectivity index (χ1n) is 14.9. The summed E-state index contributed by atoms with van der Waals surface area (Å²) in [7, 11) is -4.05. The van der Waals surface area contributed by atoms with E-state index >= 15 is 0 Å². The number of carbonyl (C=O) groups excluding carboxylic acids is 4. The lowest BCUT2D eigenvalue weighted by molar-refractivity contribution is -0.122. The highest BCUT2D eigenvalue weighted by Crippen LogP contribution is 2.29. The third-order valence-corrected chi connectivity index (χ3v) is 9.99. The minimum Gasteiger partial charge on any atom is -0.368 e. The summed E-state index contributed by atoms with van der Waals surface area (Å²) in [6, 6.07) is 9.72. The molecule has 0 radical (unpaired) electrons. The maximum atomic E-state index is 13.5. The molecular formula is C31H41ClN6O6S3. The van der Waals surface area contributed by atoms with Gasteiger partial charge in [-0.05, 0) is 68.7 Å². The van der Waals surface area contributed by atoms with E-state index in [0.29, 0.717) is 45.8 Å². The highest BCUT2D eigenvalue weighted by molar-refractivity contribution is 7.90. The Morgan fingerprint density at radius 2 is 1.57 bits per heavy atom. The van der Waals surface area contributed by atoms with E-state index < -0.39 is 45.7 Å². The number of thiol groups is 2. The third kappa shape index (κ3) is 10.5. The van der Waals surface area contributed by atoms with Crippen molar-refractivity contribution >= 4 is 81.3 Å². The summed E-state index contributed by atoms with van der Waals surface area (Å²) < 4.78 is 29.2. The highest BCUT2D eigenvalue weighted by Gasteiger charge is 2.26. The van der Waals surface area contributed by atoms with E-state index in [1.807, 2.05) is 19.1 Å². The molecule has 7 N–H and O–H groups in total. The number of ketones is 1. The van der Waals surface area contributed by atoms with Crippen molar-refractivity contribution in [1.82, 2.24) is 19.9 Å². The van der Waals surface area contributed by atoms with E-state index in [0.717, 1.165) is 5.56 Å². The molecule has 0 spiro atoms. The normalized spacial score (nSPS) is 13.7. The molecule has 47 heavy (non-hydrogen) atoms. The number of rotatable bonds is 18. The summed E-state index contributed by atoms with van der Waals surface area (Å²) in [6.45, 7) is 4.27. The van der Waals surface area contributed by atoms with Gasteiger partial charge in [-0.15, -0.1) is 0 Å². The Bertz CT molecular complexity index is 1710. The first-order valence-corrected chi connectivity index (χ1v) is 18.2. The quantitative estimate of drug-likeness (QED) is 0.0752. The molecule has 0 aliphatic heterocycles. The number of sulfonamides is 1. The van der Waals surface area contributed by atoms with Gasteiger partial charge in [0.1, 0.15) is 0 Å². The molecule has 16 heteroatoms. The maximum Gasteiger partial charge on any atom is 0.262 e. The van der Waals surface area contributed by atoms with Crippen molar-refractivity contribution in [1.29, 1.82) is 0 Å². The van der Waals surface area contributed by atoms with Gasteiger partial charge in [-0.25, -0.2) is 8.42 Å². The van der Waals surface area contributed by atoms with Crippen molar-refractivity contribution in [3.05, 3.63) is 69.9 Å². The number of aromatic nitrogens is 1. The molecule has 1 unspecified atom stereocenters. The summed E-state index contributed by atoms with van der Waals surface area (Å²) in [5.74, 6) is -1.96. The number of carbonyl (C=O) groups is 4. The molecule has 0 saturated carbocycles. The lowest BCUT2D eigenvalue weighted by Crippen LogP contribution is -2.50. The SMILES string of the molecule is Cc1ccc2c(c1)c(CC(=O)NS(=O)(=O)CCCC(N)C(=O)[C@H](CS)NCCN[C@@H](CS)C(N)=O)c(C)n2C(=O)c1ccc(Cl)cc1. The van der Waals surface area contributed by atoms with Crippen LogP contribution in [-0.2, 0) is 30.8 Å². The molecule has 3 aromatic rings. The van der Waals surface area contributed by atoms with E-state index in [-0.39, 0.29) is 42.5 Å². The number of hydrogen-bond donors (Lipinski definition) is 7. The molecule has 2 amide bonds. The summed E-state index contributed by atoms with van der Waals surface area (Å²) in [4.78, 5) is 50.6. The number of Topliss-reactive ketones (excluding diaryl/α,β-unsaturated/α-hetero) is 1. The molecule has 3 atom stereocenters. The molecule has 2 aromatic carbocycles. The van der Waals surface area contributed by atoms with Gasteiger partial charge in [0.25, 0.3) is 5.91 Å². The van der Waals surface area contributed by atoms with Crippen molar-refractivity contribution in [2.24, 2.45) is 11.5 Å². The number of fused-ring (bicyclic) bond motifs is 1. The van der Waals surface area contributed by atoms with Gasteiger partial charge in [0.05, 0.1) is 35.8 Å². The third-order valence-electron chi connectivity index (χ3n) is 7.64. The Balaban J connectivity index is 1.60. The highest BCUT2D eigenvalue weighted by atomic mass is 35.5. The molecule has 256 valence electrons. The molecule has 0 saturated heterocycles. The average molecular weight is 725 g/mol. The number of nitrogens with zero attached hydrogens (tertiary/aromatic N) is 1. The lowest BCUT2D eigenvalue weighted by Gasteiger charge is -2.20. The second kappa shape index (κ2) is 17.5. The van der Waals surface area contributed by atoms with Crippen molar-refractivity contribution in [2.45, 2.75) is 51.2 Å². The van der Waals surface area contributed by atoms with Gasteiger partial charge < -0.3 is 22.1 Å². The van der Waals surface area contributed by atoms with Crippen LogP contribution in [0.5, 0.6) is 0 Å². The summed E-state index contributed by atoms with van der Waals surface area (Å²) in [6.07, 6.45) is -0.172. The minimum absolute atomic E-state index is 0.0335. The fraction of sp³-hybridized carbons (Fsp3) is 0.419. The van der Waals surface area contributed by atoms with E-state index in [1.165, 1.54) is 4.57 Å². The average Bonchev–Trinajstić information content (AvgIpc) is 3.27. The minimum atomic E-state index is -4.05. The van der Waals surface area contributed by atoms with E-state index in [1.54, 1.807) is 37.3 Å². The maximum absolute atomic E-state index is 13.5. The van der Waals surface area contributed by atoms with Crippen molar-refractivity contribution in [2.75, 3.05) is 30.3 Å². The number of nitrogens with one attached hydrogen (secondary N) is 3. The first-order chi connectivity index (χ1) is 22.2. The van der Waals surface area contributed by atoms with Crippen LogP contribution >= 0.6 is 36.9 Å². The largest absolute Gasteiger partial charge is 0.368 e. The predicted molar refractivity (Wildman–Crippen MR) is 191 cm³/mol. The first kappa shape index (κ1) is 38.5. The van der Waals surface area contributed by atoms with Gasteiger partial charge in [-0.2, -0.15) is 25.3 Å². The van der Waals surface area contributed by atoms with Crippen LogP contribution in [-0.4, -0.2) is 85.0 Å². The van der Waals surface area contributed by atoms with Crippen LogP contribution in [0.2, 0.25) is 5.02 Å². The molecule has 0 fully saturated rings. The van der Waals surface area contributed by atoms with Crippen LogP contribution in [0.1, 0.15) is 40.0 Å². The fourth-order valence-electron chi connectivity index (χ4n) is 5.12. The molecular weight excluding hydrogens is 684 g/mol. The van der Waals surface area contributed by atoms with Crippen molar-refractivity contribution < 1.29 is 27.6 Å². The number of aryl methyl sites for hydroxylation is 1. The van der Waals surface area contributed by atoms with E-state index in [9.17, 15) is 27.6 Å². The molecule has 3 rings (SSSR count). The number of benzene rings is 2. The monoisotopic (exact) mass is 724 g/mol. The Morgan fingerprint density at radius 1 is 0.957 bits per heavy atom. The summed E-state index contributed by atoms with van der Waals surface area (Å²) in [5, 5.41) is 7.10. The van der Waals surface area contributed by atoms with Gasteiger partial charge >= 0.3 is 0 Å². The summed E-state index contributed by atoms with van der Waals surface area (Å²) >= 11 is 14.3. The number of hydrogen-bond acceptors (Lipinski definition) is 11. The molecule has 1 aromatic heterocycles. The van der Waals surface area contributed by atoms with E-state index in [2.05, 4.69) is 40.6 Å². The zero-order valence-electron chi connectivity index (χ0n) is 26.2. The Hall–Kier alpha value is -2.92. The molecule has 1 heterocycles. The molecule has 0 aliphatic carbocycles. The zero-order chi connectivity index (χ0) is 34.9. The van der Waals surface area contributed by atoms with E-state index in [4.69, 9.17) is 23.1 Å². The number of nitrogens with two attached hydrogens (primary N) is 2. The van der Waals surface area contributed by atoms with Crippen LogP contribution in [0.4, 0.5) is 0 Å². The number of amides is 2. The second-order valence-corrected chi connectivity index (χ2v) is 14.2. The topological polar surface area (TPSA) is 195 Å². The molecule has 0 bridgehead atoms. The van der Waals surface area contributed by atoms with Crippen molar-refractivity contribution in [3.63, 3.8) is 0 Å². The number of halogens is 1.